The summed E-state index contributed by atoms with van der Waals surface area (Å²) in [6.07, 6.45) is 0.956. The molecule has 3 aromatic carbocycles. The van der Waals surface area contributed by atoms with Crippen LogP contribution in [-0.2, 0) is 33.8 Å². The smallest absolute Gasteiger partial charge is 0.408 e. The number of H-pyrrole nitrogens is 1. The number of carbonyl (C=O) groups is 3. The van der Waals surface area contributed by atoms with Crippen molar-refractivity contribution in [3.8, 4) is 0 Å². The Labute approximate surface area is 246 Å². The summed E-state index contributed by atoms with van der Waals surface area (Å²) in [5.74, 6) is -0.310. The molecule has 0 aliphatic rings. The average Bonchev–Trinajstić information content (AvgIpc) is 3.37. The van der Waals surface area contributed by atoms with E-state index >= 15 is 0 Å². The van der Waals surface area contributed by atoms with Crippen LogP contribution in [0.15, 0.2) is 85.1 Å². The molecular formula is C33H38N4O5. The van der Waals surface area contributed by atoms with Gasteiger partial charge in [-0.05, 0) is 56.0 Å². The topological polar surface area (TPSA) is 122 Å². The fraction of sp³-hybridized carbons (Fsp3) is 0.303. The third-order valence-electron chi connectivity index (χ3n) is 6.59. The third kappa shape index (κ3) is 8.86. The first-order chi connectivity index (χ1) is 20.1. The molecule has 0 saturated heterocycles. The van der Waals surface area contributed by atoms with Gasteiger partial charge in [0.05, 0.1) is 6.04 Å². The first-order valence-corrected chi connectivity index (χ1v) is 14.0. The Hall–Kier alpha value is -4.79. The number of aromatic amines is 1. The molecule has 9 heteroatoms. The Morgan fingerprint density at radius 1 is 0.833 bits per heavy atom. The molecule has 0 saturated carbocycles. The zero-order valence-electron chi connectivity index (χ0n) is 24.4. The van der Waals surface area contributed by atoms with Crippen LogP contribution in [-0.4, -0.2) is 34.7 Å². The van der Waals surface area contributed by atoms with Gasteiger partial charge in [-0.1, -0.05) is 72.8 Å². The van der Waals surface area contributed by atoms with Crippen LogP contribution in [0.25, 0.3) is 10.9 Å². The van der Waals surface area contributed by atoms with E-state index in [1.807, 2.05) is 92.0 Å². The van der Waals surface area contributed by atoms with Crippen LogP contribution in [0.1, 0.15) is 56.0 Å². The summed E-state index contributed by atoms with van der Waals surface area (Å²) in [7, 11) is 0. The quantitative estimate of drug-likeness (QED) is 0.189. The molecule has 3 amide bonds. The number of benzene rings is 3. The molecule has 0 aliphatic heterocycles. The highest BCUT2D eigenvalue weighted by Gasteiger charge is 2.25. The number of nitrogens with one attached hydrogen (secondary N) is 4. The minimum atomic E-state index is -0.857. The van der Waals surface area contributed by atoms with Gasteiger partial charge in [0.1, 0.15) is 18.2 Å². The molecule has 0 bridgehead atoms. The minimum absolute atomic E-state index is 0.0213. The molecule has 0 unspecified atom stereocenters. The molecule has 9 nitrogen and oxygen atoms in total. The van der Waals surface area contributed by atoms with E-state index in [0.717, 1.165) is 33.2 Å². The maximum absolute atomic E-state index is 13.4. The summed E-state index contributed by atoms with van der Waals surface area (Å²) in [4.78, 5) is 41.3. The standard InChI is InChI=1S/C33H38N4O5/c1-22(25-10-6-5-7-11-25)36-30(38)29(18-26-20-34-28-13-9-8-12-27(26)28)37-32(40)41-21-24-16-14-23(15-17-24)19-35-31(39)42-33(2,3)4/h5-17,20,22,29,34H,18-19,21H2,1-4H3,(H,35,39)(H,36,38)(H,37,40)/t22-,29+/m0/s1. The number of amides is 3. The summed E-state index contributed by atoms with van der Waals surface area (Å²) in [6, 6.07) is 23.7. The van der Waals surface area contributed by atoms with Crippen molar-refractivity contribution in [2.45, 2.75) is 65.0 Å². The fourth-order valence-electron chi connectivity index (χ4n) is 4.44. The van der Waals surface area contributed by atoms with Gasteiger partial charge in [-0.2, -0.15) is 0 Å². The van der Waals surface area contributed by atoms with Gasteiger partial charge in [-0.15, -0.1) is 0 Å². The monoisotopic (exact) mass is 570 g/mol. The molecule has 1 aromatic heterocycles. The van der Waals surface area contributed by atoms with Crippen LogP contribution in [0.2, 0.25) is 0 Å². The number of alkyl carbamates (subject to hydrolysis) is 2. The Kier molecular flexibility index (Phi) is 9.85. The zero-order chi connectivity index (χ0) is 30.1. The summed E-state index contributed by atoms with van der Waals surface area (Å²) in [5, 5.41) is 9.48. The van der Waals surface area contributed by atoms with Gasteiger partial charge < -0.3 is 30.4 Å². The maximum Gasteiger partial charge on any atom is 0.408 e. The number of fused-ring (bicyclic) bond motifs is 1. The second-order valence-electron chi connectivity index (χ2n) is 11.1. The lowest BCUT2D eigenvalue weighted by molar-refractivity contribution is -0.123. The second kappa shape index (κ2) is 13.7. The van der Waals surface area contributed by atoms with E-state index in [1.165, 1.54) is 0 Å². The van der Waals surface area contributed by atoms with Crippen molar-refractivity contribution >= 4 is 29.0 Å². The van der Waals surface area contributed by atoms with Gasteiger partial charge in [0.25, 0.3) is 0 Å². The molecule has 0 aliphatic carbocycles. The Balaban J connectivity index is 1.36. The zero-order valence-corrected chi connectivity index (χ0v) is 24.4. The Morgan fingerprint density at radius 2 is 1.50 bits per heavy atom. The number of hydrogen-bond donors (Lipinski definition) is 4. The lowest BCUT2D eigenvalue weighted by atomic mass is 10.0. The average molecular weight is 571 g/mol. The van der Waals surface area contributed by atoms with Crippen molar-refractivity contribution in [3.05, 3.63) is 107 Å². The van der Waals surface area contributed by atoms with Gasteiger partial charge in [0.2, 0.25) is 5.91 Å². The summed E-state index contributed by atoms with van der Waals surface area (Å²) >= 11 is 0. The van der Waals surface area contributed by atoms with Crippen LogP contribution >= 0.6 is 0 Å². The fourth-order valence-corrected chi connectivity index (χ4v) is 4.44. The van der Waals surface area contributed by atoms with Gasteiger partial charge in [0, 0.05) is 30.1 Å². The van der Waals surface area contributed by atoms with Gasteiger partial charge in [-0.3, -0.25) is 4.79 Å². The van der Waals surface area contributed by atoms with Crippen LogP contribution in [0.5, 0.6) is 0 Å². The molecule has 0 fully saturated rings. The highest BCUT2D eigenvalue weighted by atomic mass is 16.6. The number of para-hydroxylation sites is 1. The third-order valence-corrected chi connectivity index (χ3v) is 6.59. The van der Waals surface area contributed by atoms with Crippen LogP contribution in [0.3, 0.4) is 0 Å². The Bertz CT molecular complexity index is 1490. The van der Waals surface area contributed by atoms with Crippen molar-refractivity contribution in [3.63, 3.8) is 0 Å². The largest absolute Gasteiger partial charge is 0.445 e. The molecule has 4 aromatic rings. The molecule has 4 N–H and O–H groups in total. The van der Waals surface area contributed by atoms with E-state index in [-0.39, 0.29) is 25.0 Å². The number of aromatic nitrogens is 1. The molecule has 2 atom stereocenters. The SMILES string of the molecule is C[C@H](NC(=O)[C@@H](Cc1c[nH]c2ccccc12)NC(=O)OCc1ccc(CNC(=O)OC(C)(C)C)cc1)c1ccccc1. The lowest BCUT2D eigenvalue weighted by Gasteiger charge is -2.21. The number of rotatable bonds is 10. The molecular weight excluding hydrogens is 532 g/mol. The van der Waals surface area contributed by atoms with Gasteiger partial charge in [-0.25, -0.2) is 9.59 Å². The normalized spacial score (nSPS) is 12.7. The van der Waals surface area contributed by atoms with E-state index in [1.54, 1.807) is 20.8 Å². The predicted octanol–water partition coefficient (Wildman–Crippen LogP) is 5.91. The number of carbonyl (C=O) groups excluding carboxylic acids is 3. The Morgan fingerprint density at radius 3 is 2.21 bits per heavy atom. The number of ether oxygens (including phenoxy) is 2. The highest BCUT2D eigenvalue weighted by molar-refractivity contribution is 5.88. The van der Waals surface area contributed by atoms with E-state index < -0.39 is 23.8 Å². The van der Waals surface area contributed by atoms with Crippen LogP contribution in [0, 0.1) is 0 Å². The summed E-state index contributed by atoms with van der Waals surface area (Å²) < 4.78 is 10.7. The van der Waals surface area contributed by atoms with Crippen molar-refractivity contribution in [1.82, 2.24) is 20.9 Å². The summed E-state index contributed by atoms with van der Waals surface area (Å²) in [6.45, 7) is 7.65. The van der Waals surface area contributed by atoms with E-state index in [4.69, 9.17) is 9.47 Å². The highest BCUT2D eigenvalue weighted by Crippen LogP contribution is 2.20. The van der Waals surface area contributed by atoms with Crippen molar-refractivity contribution in [2.24, 2.45) is 0 Å². The van der Waals surface area contributed by atoms with Gasteiger partial charge in [0.15, 0.2) is 0 Å². The van der Waals surface area contributed by atoms with E-state index in [0.29, 0.717) is 6.54 Å². The van der Waals surface area contributed by atoms with E-state index in [9.17, 15) is 14.4 Å². The lowest BCUT2D eigenvalue weighted by Crippen LogP contribution is -2.48. The van der Waals surface area contributed by atoms with E-state index in [2.05, 4.69) is 20.9 Å². The van der Waals surface area contributed by atoms with Crippen molar-refractivity contribution < 1.29 is 23.9 Å². The second-order valence-corrected chi connectivity index (χ2v) is 11.1. The van der Waals surface area contributed by atoms with Crippen molar-refractivity contribution in [2.75, 3.05) is 0 Å². The molecule has 220 valence electrons. The van der Waals surface area contributed by atoms with Gasteiger partial charge >= 0.3 is 12.2 Å². The molecule has 0 radical (unpaired) electrons. The first kappa shape index (κ1) is 30.2. The first-order valence-electron chi connectivity index (χ1n) is 14.0. The molecule has 42 heavy (non-hydrogen) atoms. The van der Waals surface area contributed by atoms with Crippen LogP contribution in [0.4, 0.5) is 9.59 Å². The predicted molar refractivity (Wildman–Crippen MR) is 162 cm³/mol. The number of hydrogen-bond acceptors (Lipinski definition) is 5. The van der Waals surface area contributed by atoms with Crippen molar-refractivity contribution in [1.29, 1.82) is 0 Å². The van der Waals surface area contributed by atoms with Crippen LogP contribution < -0.4 is 16.0 Å². The minimum Gasteiger partial charge on any atom is -0.445 e. The molecule has 0 spiro atoms. The molecule has 1 heterocycles. The maximum atomic E-state index is 13.4. The summed E-state index contributed by atoms with van der Waals surface area (Å²) in [5.41, 5.74) is 3.90. The molecule has 4 rings (SSSR count).